The van der Waals surface area contributed by atoms with Gasteiger partial charge < -0.3 is 14.6 Å². The first-order chi connectivity index (χ1) is 15.4. The molecule has 4 nitrogen and oxygen atoms in total. The Bertz CT molecular complexity index is 1350. The molecule has 0 spiro atoms. The summed E-state index contributed by atoms with van der Waals surface area (Å²) in [5.74, 6) is 0.00706. The van der Waals surface area contributed by atoms with Gasteiger partial charge in [-0.3, -0.25) is 0 Å². The number of ether oxygens (including phenoxy) is 1. The fraction of sp³-hybridized carbons (Fsp3) is 0.333. The standard InChI is InChI=1S/C27H27NO3S.Na/c1-15-7-6-8-18(13-15)31-22-12-11-16(2)25-24(22)20(27(29)30)14-21(28-25)26-17(3)19-9-4-5-10-23(19)32-26;/h4-5,9-12,14-15,18H,6-8,13H2,1-3H3,(H,29,30);/q;+1/p-1/t15-,18+;/m0./s1. The SMILES string of the molecule is Cc1c(-c2cc(C(=O)[O-])c3c(O[C@@H]4CCC[C@H](C)C4)ccc(C)c3n2)sc2ccccc12.[Na+]. The van der Waals surface area contributed by atoms with Crippen molar-refractivity contribution < 1.29 is 44.2 Å². The average molecular weight is 468 g/mol. The predicted octanol–water partition coefficient (Wildman–Crippen LogP) is 3.06. The molecule has 33 heavy (non-hydrogen) atoms. The van der Waals surface area contributed by atoms with E-state index in [1.165, 1.54) is 11.8 Å². The summed E-state index contributed by atoms with van der Waals surface area (Å²) in [4.78, 5) is 18.2. The largest absolute Gasteiger partial charge is 1.00 e. The number of hydrogen-bond donors (Lipinski definition) is 0. The Morgan fingerprint density at radius 3 is 2.67 bits per heavy atom. The number of carboxylic acid groups (broad SMARTS) is 1. The second kappa shape index (κ2) is 9.75. The van der Waals surface area contributed by atoms with E-state index >= 15 is 0 Å². The van der Waals surface area contributed by atoms with Crippen LogP contribution >= 0.6 is 11.3 Å². The van der Waals surface area contributed by atoms with Gasteiger partial charge in [0.1, 0.15) is 5.75 Å². The molecule has 5 rings (SSSR count). The zero-order chi connectivity index (χ0) is 22.4. The zero-order valence-corrected chi connectivity index (χ0v) is 22.4. The summed E-state index contributed by atoms with van der Waals surface area (Å²) in [6.07, 6.45) is 4.44. The van der Waals surface area contributed by atoms with Crippen LogP contribution in [-0.4, -0.2) is 17.1 Å². The summed E-state index contributed by atoms with van der Waals surface area (Å²) < 4.78 is 7.54. The third kappa shape index (κ3) is 4.57. The van der Waals surface area contributed by atoms with Crippen molar-refractivity contribution in [2.45, 2.75) is 52.6 Å². The van der Waals surface area contributed by atoms with Crippen LogP contribution in [0.1, 0.15) is 54.1 Å². The van der Waals surface area contributed by atoms with Gasteiger partial charge in [-0.25, -0.2) is 4.98 Å². The summed E-state index contributed by atoms with van der Waals surface area (Å²) >= 11 is 1.64. The molecule has 0 unspecified atom stereocenters. The van der Waals surface area contributed by atoms with Gasteiger partial charge in [-0.05, 0) is 73.7 Å². The Morgan fingerprint density at radius 1 is 1.15 bits per heavy atom. The maximum Gasteiger partial charge on any atom is 1.00 e. The van der Waals surface area contributed by atoms with Crippen LogP contribution < -0.4 is 39.4 Å². The number of fused-ring (bicyclic) bond motifs is 2. The first-order valence-electron chi connectivity index (χ1n) is 11.2. The zero-order valence-electron chi connectivity index (χ0n) is 19.6. The molecule has 0 aliphatic heterocycles. The van der Waals surface area contributed by atoms with E-state index in [0.29, 0.717) is 28.3 Å². The normalized spacial score (nSPS) is 18.3. The number of hydrogen-bond acceptors (Lipinski definition) is 5. The predicted molar refractivity (Wildman–Crippen MR) is 128 cm³/mol. The van der Waals surface area contributed by atoms with Crippen molar-refractivity contribution in [3.63, 3.8) is 0 Å². The molecule has 6 heteroatoms. The topological polar surface area (TPSA) is 62.2 Å². The van der Waals surface area contributed by atoms with Crippen LogP contribution in [0.15, 0.2) is 42.5 Å². The molecule has 0 amide bonds. The van der Waals surface area contributed by atoms with Gasteiger partial charge in [-0.2, -0.15) is 0 Å². The minimum absolute atomic E-state index is 0. The molecule has 4 aromatic rings. The van der Waals surface area contributed by atoms with Gasteiger partial charge in [0.05, 0.1) is 33.5 Å². The number of aromatic carboxylic acids is 1. The number of thiophene rings is 1. The van der Waals surface area contributed by atoms with Crippen molar-refractivity contribution in [2.24, 2.45) is 5.92 Å². The maximum absolute atomic E-state index is 12.3. The van der Waals surface area contributed by atoms with E-state index in [0.717, 1.165) is 40.0 Å². The number of carboxylic acids is 1. The Kier molecular flexibility index (Phi) is 7.15. The fourth-order valence-corrected chi connectivity index (χ4v) is 6.07. The smallest absolute Gasteiger partial charge is 0.545 e. The number of benzene rings is 2. The fourth-order valence-electron chi connectivity index (χ4n) is 4.90. The molecule has 0 N–H and O–H groups in total. The van der Waals surface area contributed by atoms with E-state index in [4.69, 9.17) is 9.72 Å². The van der Waals surface area contributed by atoms with Gasteiger partial charge in [0.25, 0.3) is 0 Å². The molecule has 1 fully saturated rings. The molecule has 0 radical (unpaired) electrons. The summed E-state index contributed by atoms with van der Waals surface area (Å²) in [7, 11) is 0. The van der Waals surface area contributed by atoms with E-state index in [9.17, 15) is 9.90 Å². The first-order valence-corrected chi connectivity index (χ1v) is 12.0. The van der Waals surface area contributed by atoms with Crippen LogP contribution in [0, 0.1) is 19.8 Å². The molecule has 2 aromatic carbocycles. The molecule has 0 bridgehead atoms. The summed E-state index contributed by atoms with van der Waals surface area (Å²) in [6, 6.07) is 13.7. The van der Waals surface area contributed by atoms with Crippen molar-refractivity contribution in [3.8, 4) is 16.3 Å². The third-order valence-electron chi connectivity index (χ3n) is 6.60. The molecule has 1 aliphatic carbocycles. The quantitative estimate of drug-likeness (QED) is 0.433. The van der Waals surface area contributed by atoms with Crippen LogP contribution in [0.25, 0.3) is 31.6 Å². The monoisotopic (exact) mass is 467 g/mol. The third-order valence-corrected chi connectivity index (χ3v) is 7.90. The number of aromatic nitrogens is 1. The minimum Gasteiger partial charge on any atom is -0.545 e. The summed E-state index contributed by atoms with van der Waals surface area (Å²) in [6.45, 7) is 6.27. The molecule has 164 valence electrons. The molecule has 0 saturated heterocycles. The number of rotatable bonds is 4. The summed E-state index contributed by atoms with van der Waals surface area (Å²) in [5.41, 5.74) is 3.52. The second-order valence-corrected chi connectivity index (χ2v) is 10.1. The van der Waals surface area contributed by atoms with Crippen LogP contribution in [0.4, 0.5) is 0 Å². The van der Waals surface area contributed by atoms with E-state index < -0.39 is 5.97 Å². The second-order valence-electron chi connectivity index (χ2n) is 9.01. The van der Waals surface area contributed by atoms with Crippen LogP contribution in [0.3, 0.4) is 0 Å². The summed E-state index contributed by atoms with van der Waals surface area (Å²) in [5, 5.41) is 14.0. The Balaban J connectivity index is 0.00000259. The van der Waals surface area contributed by atoms with Gasteiger partial charge in [-0.1, -0.05) is 37.6 Å². The van der Waals surface area contributed by atoms with Gasteiger partial charge in [0.15, 0.2) is 0 Å². The van der Waals surface area contributed by atoms with E-state index in [1.807, 2.05) is 31.2 Å². The Hall–Kier alpha value is -1.92. The molecular formula is C27H26NNaO3S. The number of nitrogens with zero attached hydrogens (tertiary/aromatic N) is 1. The van der Waals surface area contributed by atoms with Gasteiger partial charge in [0.2, 0.25) is 0 Å². The van der Waals surface area contributed by atoms with Crippen LogP contribution in [0.5, 0.6) is 5.75 Å². The van der Waals surface area contributed by atoms with E-state index in [2.05, 4.69) is 26.0 Å². The van der Waals surface area contributed by atoms with Gasteiger partial charge >= 0.3 is 29.6 Å². The number of carbonyl (C=O) groups excluding carboxylic acids is 1. The molecular weight excluding hydrogens is 441 g/mol. The molecule has 2 heterocycles. The van der Waals surface area contributed by atoms with Crippen LogP contribution in [-0.2, 0) is 0 Å². The van der Waals surface area contributed by atoms with Crippen molar-refractivity contribution in [1.82, 2.24) is 4.98 Å². The van der Waals surface area contributed by atoms with Crippen molar-refractivity contribution in [2.75, 3.05) is 0 Å². The number of aryl methyl sites for hydroxylation is 2. The average Bonchev–Trinajstić information content (AvgIpc) is 3.12. The Morgan fingerprint density at radius 2 is 1.94 bits per heavy atom. The minimum atomic E-state index is -1.20. The van der Waals surface area contributed by atoms with Crippen molar-refractivity contribution in [1.29, 1.82) is 0 Å². The van der Waals surface area contributed by atoms with E-state index in [1.54, 1.807) is 17.4 Å². The molecule has 2 aromatic heterocycles. The molecule has 1 saturated carbocycles. The molecule has 1 aliphatic rings. The van der Waals surface area contributed by atoms with Crippen molar-refractivity contribution in [3.05, 3.63) is 59.2 Å². The first kappa shape index (κ1) is 24.2. The van der Waals surface area contributed by atoms with E-state index in [-0.39, 0.29) is 41.2 Å². The van der Waals surface area contributed by atoms with Crippen LogP contribution in [0.2, 0.25) is 0 Å². The number of pyridine rings is 1. The van der Waals surface area contributed by atoms with Crippen molar-refractivity contribution >= 4 is 38.3 Å². The Labute approximate surface area is 220 Å². The van der Waals surface area contributed by atoms with Gasteiger partial charge in [0, 0.05) is 10.3 Å². The number of carbonyl (C=O) groups is 1. The molecule has 2 atom stereocenters. The maximum atomic E-state index is 12.3. The van der Waals surface area contributed by atoms with Gasteiger partial charge in [-0.15, -0.1) is 11.3 Å².